The van der Waals surface area contributed by atoms with Gasteiger partial charge in [-0.2, -0.15) is 5.10 Å². The van der Waals surface area contributed by atoms with E-state index in [2.05, 4.69) is 22.4 Å². The topological polar surface area (TPSA) is 47.0 Å². The molecule has 0 fully saturated rings. The third-order valence-electron chi connectivity index (χ3n) is 2.79. The van der Waals surface area contributed by atoms with Crippen molar-refractivity contribution >= 4 is 11.6 Å². The highest BCUT2D eigenvalue weighted by atomic mass is 35.5. The van der Waals surface area contributed by atoms with Crippen LogP contribution in [-0.2, 0) is 6.54 Å². The Hall–Kier alpha value is -1.65. The highest BCUT2D eigenvalue weighted by molar-refractivity contribution is 6.30. The molecule has 0 radical (unpaired) electrons. The first-order valence-corrected chi connectivity index (χ1v) is 7.04. The molecule has 4 nitrogen and oxygen atoms in total. The van der Waals surface area contributed by atoms with Crippen molar-refractivity contribution < 1.29 is 4.74 Å². The van der Waals surface area contributed by atoms with E-state index >= 15 is 0 Å². The predicted octanol–water partition coefficient (Wildman–Crippen LogP) is 3.73. The van der Waals surface area contributed by atoms with Crippen LogP contribution < -0.4 is 10.1 Å². The summed E-state index contributed by atoms with van der Waals surface area (Å²) in [5.74, 6) is 1.17. The number of benzene rings is 1. The highest BCUT2D eigenvalue weighted by Gasteiger charge is 2.04. The molecule has 0 saturated carbocycles. The largest absolute Gasteiger partial charge is 0.437 e. The lowest BCUT2D eigenvalue weighted by Gasteiger charge is -2.08. The number of hydrogen-bond donors (Lipinski definition) is 1. The minimum absolute atomic E-state index is 0.467. The molecule has 0 aliphatic heterocycles. The van der Waals surface area contributed by atoms with Gasteiger partial charge in [-0.15, -0.1) is 5.10 Å². The van der Waals surface area contributed by atoms with E-state index in [-0.39, 0.29) is 0 Å². The van der Waals surface area contributed by atoms with Crippen molar-refractivity contribution in [3.05, 3.63) is 46.6 Å². The zero-order valence-electron chi connectivity index (χ0n) is 11.7. The predicted molar refractivity (Wildman–Crippen MR) is 80.3 cm³/mol. The first kappa shape index (κ1) is 14.8. The molecule has 0 atom stereocenters. The molecule has 0 aliphatic carbocycles. The van der Waals surface area contributed by atoms with Gasteiger partial charge in [0.15, 0.2) is 0 Å². The van der Waals surface area contributed by atoms with Gasteiger partial charge < -0.3 is 10.1 Å². The quantitative estimate of drug-likeness (QED) is 0.824. The van der Waals surface area contributed by atoms with Crippen LogP contribution in [0.5, 0.6) is 11.6 Å². The number of nitrogens with one attached hydrogen (secondary N) is 1. The summed E-state index contributed by atoms with van der Waals surface area (Å²) in [6.07, 6.45) is 1.10. The fraction of sp³-hybridized carbons (Fsp3) is 0.333. The Morgan fingerprint density at radius 2 is 2.05 bits per heavy atom. The number of nitrogens with zero attached hydrogens (tertiary/aromatic N) is 2. The summed E-state index contributed by atoms with van der Waals surface area (Å²) < 4.78 is 5.69. The Morgan fingerprint density at radius 1 is 1.20 bits per heavy atom. The van der Waals surface area contributed by atoms with Crippen LogP contribution in [0, 0.1) is 6.92 Å². The lowest BCUT2D eigenvalue weighted by atomic mass is 10.2. The molecule has 0 bridgehead atoms. The second-order valence-corrected chi connectivity index (χ2v) is 4.99. The van der Waals surface area contributed by atoms with Gasteiger partial charge in [0.25, 0.3) is 0 Å². The van der Waals surface area contributed by atoms with Crippen LogP contribution in [0.15, 0.2) is 30.3 Å². The Kier molecular flexibility index (Phi) is 5.32. The maximum Gasteiger partial charge on any atom is 0.238 e. The van der Waals surface area contributed by atoms with Crippen LogP contribution in [0.2, 0.25) is 5.02 Å². The zero-order chi connectivity index (χ0) is 14.4. The molecule has 0 unspecified atom stereocenters. The summed E-state index contributed by atoms with van der Waals surface area (Å²) in [7, 11) is 0. The Morgan fingerprint density at radius 3 is 2.75 bits per heavy atom. The number of halogens is 1. The van der Waals surface area contributed by atoms with E-state index < -0.39 is 0 Å². The molecule has 1 aromatic heterocycles. The van der Waals surface area contributed by atoms with Gasteiger partial charge in [0.1, 0.15) is 5.75 Å². The second kappa shape index (κ2) is 7.22. The summed E-state index contributed by atoms with van der Waals surface area (Å²) in [5.41, 5.74) is 1.90. The van der Waals surface area contributed by atoms with Crippen molar-refractivity contribution in [2.75, 3.05) is 6.54 Å². The van der Waals surface area contributed by atoms with E-state index in [9.17, 15) is 0 Å². The molecule has 1 heterocycles. The van der Waals surface area contributed by atoms with E-state index in [1.54, 1.807) is 6.07 Å². The van der Waals surface area contributed by atoms with Crippen molar-refractivity contribution in [3.63, 3.8) is 0 Å². The lowest BCUT2D eigenvalue weighted by molar-refractivity contribution is 0.450. The van der Waals surface area contributed by atoms with Gasteiger partial charge in [0.05, 0.1) is 5.69 Å². The summed E-state index contributed by atoms with van der Waals surface area (Å²) in [6.45, 7) is 5.78. The third-order valence-corrected chi connectivity index (χ3v) is 3.03. The molecule has 20 heavy (non-hydrogen) atoms. The number of rotatable bonds is 6. The van der Waals surface area contributed by atoms with Gasteiger partial charge in [-0.25, -0.2) is 0 Å². The van der Waals surface area contributed by atoms with E-state index in [0.717, 1.165) is 30.8 Å². The zero-order valence-corrected chi connectivity index (χ0v) is 12.4. The van der Waals surface area contributed by atoms with Crippen LogP contribution in [-0.4, -0.2) is 16.7 Å². The number of ether oxygens (including phenoxy) is 1. The Labute approximate surface area is 124 Å². The second-order valence-electron chi connectivity index (χ2n) is 4.55. The normalized spacial score (nSPS) is 10.6. The van der Waals surface area contributed by atoms with Gasteiger partial charge >= 0.3 is 0 Å². The van der Waals surface area contributed by atoms with Gasteiger partial charge in [0, 0.05) is 17.6 Å². The molecule has 106 valence electrons. The Bertz CT molecular complexity index is 558. The molecule has 2 rings (SSSR count). The molecule has 5 heteroatoms. The van der Waals surface area contributed by atoms with Gasteiger partial charge in [-0.3, -0.25) is 0 Å². The molecular weight excluding hydrogens is 274 g/mol. The fourth-order valence-corrected chi connectivity index (χ4v) is 1.85. The fourth-order valence-electron chi connectivity index (χ4n) is 1.69. The van der Waals surface area contributed by atoms with Gasteiger partial charge in [-0.05, 0) is 43.7 Å². The number of aromatic nitrogens is 2. The highest BCUT2D eigenvalue weighted by Crippen LogP contribution is 2.26. The van der Waals surface area contributed by atoms with Crippen LogP contribution in [0.1, 0.15) is 24.6 Å². The SMILES string of the molecule is CCCNCc1ccc(Oc2cc(Cl)ccc2C)nn1. The average Bonchev–Trinajstić information content (AvgIpc) is 2.45. The average molecular weight is 292 g/mol. The van der Waals surface area contributed by atoms with Crippen LogP contribution in [0.25, 0.3) is 0 Å². The van der Waals surface area contributed by atoms with E-state index in [0.29, 0.717) is 16.7 Å². The van der Waals surface area contributed by atoms with E-state index in [1.165, 1.54) is 0 Å². The molecule has 0 amide bonds. The first-order valence-electron chi connectivity index (χ1n) is 6.66. The molecule has 1 aromatic carbocycles. The van der Waals surface area contributed by atoms with Gasteiger partial charge in [-0.1, -0.05) is 24.6 Å². The molecule has 0 aliphatic rings. The van der Waals surface area contributed by atoms with Crippen molar-refractivity contribution in [2.24, 2.45) is 0 Å². The smallest absolute Gasteiger partial charge is 0.238 e. The van der Waals surface area contributed by atoms with Crippen molar-refractivity contribution in [1.29, 1.82) is 0 Å². The molecule has 0 saturated heterocycles. The maximum absolute atomic E-state index is 5.95. The maximum atomic E-state index is 5.95. The standard InChI is InChI=1S/C15H18ClN3O/c1-3-8-17-10-13-6-7-15(19-18-13)20-14-9-12(16)5-4-11(14)2/h4-7,9,17H,3,8,10H2,1-2H3. The van der Waals surface area contributed by atoms with Crippen molar-refractivity contribution in [1.82, 2.24) is 15.5 Å². The summed E-state index contributed by atoms with van der Waals surface area (Å²) in [4.78, 5) is 0. The van der Waals surface area contributed by atoms with Crippen molar-refractivity contribution in [2.45, 2.75) is 26.8 Å². The molecule has 0 spiro atoms. The molecular formula is C15H18ClN3O. The minimum Gasteiger partial charge on any atom is -0.437 e. The van der Waals surface area contributed by atoms with Crippen LogP contribution in [0.4, 0.5) is 0 Å². The van der Waals surface area contributed by atoms with Crippen LogP contribution in [0.3, 0.4) is 0 Å². The summed E-state index contributed by atoms with van der Waals surface area (Å²) in [6, 6.07) is 9.24. The van der Waals surface area contributed by atoms with E-state index in [1.807, 2.05) is 31.2 Å². The van der Waals surface area contributed by atoms with E-state index in [4.69, 9.17) is 16.3 Å². The summed E-state index contributed by atoms with van der Waals surface area (Å²) >= 11 is 5.95. The summed E-state index contributed by atoms with van der Waals surface area (Å²) in [5, 5.41) is 12.1. The van der Waals surface area contributed by atoms with Gasteiger partial charge in [0.2, 0.25) is 5.88 Å². The first-order chi connectivity index (χ1) is 9.69. The number of hydrogen-bond acceptors (Lipinski definition) is 4. The third kappa shape index (κ3) is 4.18. The molecule has 1 N–H and O–H groups in total. The lowest BCUT2D eigenvalue weighted by Crippen LogP contribution is -2.15. The Balaban J connectivity index is 2.01. The minimum atomic E-state index is 0.467. The number of aryl methyl sites for hydroxylation is 1. The monoisotopic (exact) mass is 291 g/mol. The van der Waals surface area contributed by atoms with Crippen molar-refractivity contribution in [3.8, 4) is 11.6 Å². The van der Waals surface area contributed by atoms with Crippen LogP contribution >= 0.6 is 11.6 Å². The molecule has 2 aromatic rings.